The van der Waals surface area contributed by atoms with Crippen molar-refractivity contribution < 1.29 is 9.53 Å². The molecule has 0 bridgehead atoms. The molecule has 0 aliphatic carbocycles. The zero-order valence-corrected chi connectivity index (χ0v) is 14.7. The Morgan fingerprint density at radius 2 is 2.17 bits per heavy atom. The average Bonchev–Trinajstić information content (AvgIpc) is 2.46. The predicted molar refractivity (Wildman–Crippen MR) is 89.0 cm³/mol. The summed E-state index contributed by atoms with van der Waals surface area (Å²) >= 11 is 0. The van der Waals surface area contributed by atoms with Crippen LogP contribution in [0.2, 0.25) is 0 Å². The Morgan fingerprint density at radius 1 is 1.43 bits per heavy atom. The van der Waals surface area contributed by atoms with E-state index in [-0.39, 0.29) is 18.2 Å². The Morgan fingerprint density at radius 3 is 2.74 bits per heavy atom. The summed E-state index contributed by atoms with van der Waals surface area (Å²) in [6.45, 7) is 10.6. The number of amides is 1. The number of hydrogen-bond acceptors (Lipinski definition) is 5. The van der Waals surface area contributed by atoms with Crippen molar-refractivity contribution in [3.63, 3.8) is 0 Å². The predicted octanol–water partition coefficient (Wildman–Crippen LogP) is 2.92. The second-order valence-corrected chi connectivity index (χ2v) is 7.26. The van der Waals surface area contributed by atoms with Gasteiger partial charge in [-0.15, -0.1) is 0 Å². The number of carbonyl (C=O) groups is 1. The molecule has 0 radical (unpaired) electrons. The quantitative estimate of drug-likeness (QED) is 0.927. The summed E-state index contributed by atoms with van der Waals surface area (Å²) in [7, 11) is 0. The maximum absolute atomic E-state index is 12.2. The molecule has 1 amide bonds. The average molecular weight is 320 g/mol. The van der Waals surface area contributed by atoms with Gasteiger partial charge in [0.05, 0.1) is 5.69 Å². The number of aromatic nitrogens is 2. The minimum atomic E-state index is -0.452. The minimum absolute atomic E-state index is 0.147. The van der Waals surface area contributed by atoms with Gasteiger partial charge in [-0.05, 0) is 47.5 Å². The number of ether oxygens (including phenoxy) is 1. The maximum atomic E-state index is 12.2. The van der Waals surface area contributed by atoms with Crippen LogP contribution >= 0.6 is 0 Å². The van der Waals surface area contributed by atoms with Crippen LogP contribution in [0.4, 0.5) is 4.79 Å². The van der Waals surface area contributed by atoms with Gasteiger partial charge in [-0.2, -0.15) is 0 Å². The molecule has 0 spiro atoms. The summed E-state index contributed by atoms with van der Waals surface area (Å²) in [5.74, 6) is 0. The summed E-state index contributed by atoms with van der Waals surface area (Å²) < 4.78 is 5.48. The van der Waals surface area contributed by atoms with E-state index in [2.05, 4.69) is 29.1 Å². The number of hydrogen-bond donors (Lipinski definition) is 1. The third-order valence-electron chi connectivity index (χ3n) is 4.02. The van der Waals surface area contributed by atoms with E-state index in [1.54, 1.807) is 18.6 Å². The van der Waals surface area contributed by atoms with Crippen LogP contribution < -0.4 is 5.32 Å². The van der Waals surface area contributed by atoms with Gasteiger partial charge in [0.1, 0.15) is 5.60 Å². The van der Waals surface area contributed by atoms with Crippen LogP contribution in [0.25, 0.3) is 0 Å². The van der Waals surface area contributed by atoms with E-state index in [1.807, 2.05) is 25.7 Å². The van der Waals surface area contributed by atoms with Gasteiger partial charge < -0.3 is 15.0 Å². The lowest BCUT2D eigenvalue weighted by Crippen LogP contribution is -2.51. The van der Waals surface area contributed by atoms with Crippen molar-refractivity contribution in [1.29, 1.82) is 0 Å². The van der Waals surface area contributed by atoms with E-state index in [9.17, 15) is 4.79 Å². The third kappa shape index (κ3) is 5.16. The zero-order valence-electron chi connectivity index (χ0n) is 14.7. The molecule has 0 saturated carbocycles. The molecule has 3 unspecified atom stereocenters. The van der Waals surface area contributed by atoms with E-state index in [0.717, 1.165) is 18.5 Å². The van der Waals surface area contributed by atoms with Crippen molar-refractivity contribution in [2.24, 2.45) is 0 Å². The smallest absolute Gasteiger partial charge is 0.410 e. The number of rotatable bonds is 3. The van der Waals surface area contributed by atoms with Gasteiger partial charge in [0.2, 0.25) is 0 Å². The molecule has 1 N–H and O–H groups in total. The molecular formula is C17H28N4O2. The zero-order chi connectivity index (χ0) is 17.0. The highest BCUT2D eigenvalue weighted by atomic mass is 16.6. The van der Waals surface area contributed by atoms with Gasteiger partial charge in [-0.3, -0.25) is 9.97 Å². The number of nitrogens with one attached hydrogen (secondary N) is 1. The summed E-state index contributed by atoms with van der Waals surface area (Å²) in [6.07, 6.45) is 6.78. The Balaban J connectivity index is 1.87. The first kappa shape index (κ1) is 17.7. The molecule has 23 heavy (non-hydrogen) atoms. The van der Waals surface area contributed by atoms with Gasteiger partial charge in [0.15, 0.2) is 0 Å². The Bertz CT molecular complexity index is 515. The number of nitrogens with zero attached hydrogens (tertiary/aromatic N) is 3. The maximum Gasteiger partial charge on any atom is 0.410 e. The normalized spacial score (nSPS) is 23.4. The van der Waals surface area contributed by atoms with Gasteiger partial charge >= 0.3 is 6.09 Å². The van der Waals surface area contributed by atoms with Crippen molar-refractivity contribution in [3.05, 3.63) is 24.3 Å². The Labute approximate surface area is 138 Å². The largest absolute Gasteiger partial charge is 0.444 e. The first-order valence-corrected chi connectivity index (χ1v) is 8.28. The molecule has 2 heterocycles. The fourth-order valence-corrected chi connectivity index (χ4v) is 2.89. The number of likely N-dealkylation sites (tertiary alicyclic amines) is 1. The van der Waals surface area contributed by atoms with Crippen LogP contribution in [0, 0.1) is 0 Å². The van der Waals surface area contributed by atoms with E-state index in [1.165, 1.54) is 0 Å². The van der Waals surface area contributed by atoms with E-state index in [4.69, 9.17) is 4.74 Å². The second kappa shape index (κ2) is 7.25. The van der Waals surface area contributed by atoms with E-state index < -0.39 is 5.60 Å². The van der Waals surface area contributed by atoms with Crippen molar-refractivity contribution in [1.82, 2.24) is 20.2 Å². The Kier molecular flexibility index (Phi) is 5.57. The van der Waals surface area contributed by atoms with E-state index >= 15 is 0 Å². The van der Waals surface area contributed by atoms with Crippen LogP contribution in [-0.2, 0) is 4.74 Å². The van der Waals surface area contributed by atoms with Crippen molar-refractivity contribution >= 4 is 6.09 Å². The highest BCUT2D eigenvalue weighted by molar-refractivity contribution is 5.68. The minimum Gasteiger partial charge on any atom is -0.444 e. The van der Waals surface area contributed by atoms with Gasteiger partial charge in [-0.25, -0.2) is 4.79 Å². The van der Waals surface area contributed by atoms with Crippen LogP contribution in [0.3, 0.4) is 0 Å². The Hall–Kier alpha value is -1.69. The molecule has 1 aromatic heterocycles. The molecule has 3 atom stereocenters. The molecule has 1 aromatic rings. The molecule has 0 aromatic carbocycles. The van der Waals surface area contributed by atoms with Crippen LogP contribution in [0.1, 0.15) is 59.2 Å². The second-order valence-electron chi connectivity index (χ2n) is 7.26. The molecule has 1 aliphatic heterocycles. The highest BCUT2D eigenvalue weighted by Crippen LogP contribution is 2.22. The molecule has 6 nitrogen and oxygen atoms in total. The van der Waals surface area contributed by atoms with Crippen molar-refractivity contribution in [2.75, 3.05) is 6.54 Å². The summed E-state index contributed by atoms with van der Waals surface area (Å²) in [5, 5.41) is 3.59. The first-order chi connectivity index (χ1) is 10.8. The lowest BCUT2D eigenvalue weighted by molar-refractivity contribution is 0.00903. The number of carbonyl (C=O) groups excluding carboxylic acids is 1. The number of piperidine rings is 1. The van der Waals surface area contributed by atoms with Crippen LogP contribution in [0.5, 0.6) is 0 Å². The topological polar surface area (TPSA) is 67.4 Å². The summed E-state index contributed by atoms with van der Waals surface area (Å²) in [4.78, 5) is 22.5. The van der Waals surface area contributed by atoms with Gasteiger partial charge in [-0.1, -0.05) is 0 Å². The molecular weight excluding hydrogens is 292 g/mol. The molecule has 2 rings (SSSR count). The fraction of sp³-hybridized carbons (Fsp3) is 0.706. The van der Waals surface area contributed by atoms with Crippen molar-refractivity contribution in [3.8, 4) is 0 Å². The summed E-state index contributed by atoms with van der Waals surface area (Å²) in [6, 6.07) is 0.667. The standard InChI is InChI=1S/C17H28N4O2/c1-12-10-14(20-13(2)15-11-18-7-8-19-15)6-9-21(12)16(22)23-17(3,4)5/h7-8,11-14,20H,6,9-10H2,1-5H3. The molecule has 1 aliphatic rings. The first-order valence-electron chi connectivity index (χ1n) is 8.28. The molecule has 1 saturated heterocycles. The molecule has 1 fully saturated rings. The highest BCUT2D eigenvalue weighted by Gasteiger charge is 2.32. The lowest BCUT2D eigenvalue weighted by Gasteiger charge is -2.39. The molecule has 128 valence electrons. The van der Waals surface area contributed by atoms with Crippen LogP contribution in [-0.4, -0.2) is 45.2 Å². The monoisotopic (exact) mass is 320 g/mol. The molecule has 6 heteroatoms. The summed E-state index contributed by atoms with van der Waals surface area (Å²) in [5.41, 5.74) is 0.488. The van der Waals surface area contributed by atoms with Crippen LogP contribution in [0.15, 0.2) is 18.6 Å². The fourth-order valence-electron chi connectivity index (χ4n) is 2.89. The third-order valence-corrected chi connectivity index (χ3v) is 4.02. The van der Waals surface area contributed by atoms with E-state index in [0.29, 0.717) is 12.6 Å². The van der Waals surface area contributed by atoms with Gasteiger partial charge in [0.25, 0.3) is 0 Å². The van der Waals surface area contributed by atoms with Gasteiger partial charge in [0, 0.05) is 43.3 Å². The van der Waals surface area contributed by atoms with Crippen molar-refractivity contribution in [2.45, 2.75) is 71.2 Å². The SMILES string of the molecule is CC(NC1CCN(C(=O)OC(C)(C)C)C(C)C1)c1cnccn1. The lowest BCUT2D eigenvalue weighted by atomic mass is 9.97.